The maximum atomic E-state index is 13.1. The molecule has 1 unspecified atom stereocenters. The standard InChI is InChI=1S/C17H19FIN5O4S/c1-17(10-18,19-21)16(25)22-12-3-2-4-13(9-12)24-29(27,28)14-7-5-11(6-8-14)15(20)23-26/h2-9,21,24,26H,10H2,1H3,(H2,20,23)(H,22,25). The van der Waals surface area contributed by atoms with E-state index >= 15 is 0 Å². The predicted molar refractivity (Wildman–Crippen MR) is 116 cm³/mol. The lowest BCUT2D eigenvalue weighted by Gasteiger charge is -2.19. The van der Waals surface area contributed by atoms with Gasteiger partial charge in [-0.15, -0.1) is 0 Å². The first-order valence-corrected chi connectivity index (χ1v) is 11.7. The van der Waals surface area contributed by atoms with E-state index in [0.717, 1.165) is 0 Å². The van der Waals surface area contributed by atoms with Crippen LogP contribution >= 0.6 is 21.0 Å². The van der Waals surface area contributed by atoms with Gasteiger partial charge in [0.15, 0.2) is 5.84 Å². The molecule has 0 spiro atoms. The van der Waals surface area contributed by atoms with E-state index < -0.39 is 47.1 Å². The maximum absolute atomic E-state index is 13.1. The molecule has 29 heavy (non-hydrogen) atoms. The van der Waals surface area contributed by atoms with E-state index in [9.17, 15) is 17.6 Å². The van der Waals surface area contributed by atoms with E-state index in [1.165, 1.54) is 55.5 Å². The molecule has 2 aromatic carbocycles. The van der Waals surface area contributed by atoms with Crippen LogP contribution in [0.25, 0.3) is 0 Å². The highest BCUT2D eigenvalue weighted by molar-refractivity contribution is 14.2. The second-order valence-electron chi connectivity index (χ2n) is 6.08. The number of sulfonamides is 1. The van der Waals surface area contributed by atoms with E-state index in [0.29, 0.717) is 5.56 Å². The van der Waals surface area contributed by atoms with Crippen molar-refractivity contribution in [2.45, 2.75) is 15.2 Å². The van der Waals surface area contributed by atoms with E-state index in [2.05, 4.69) is 15.2 Å². The molecule has 0 saturated heterocycles. The smallest absolute Gasteiger partial charge is 0.261 e. The molecule has 12 heteroatoms. The van der Waals surface area contributed by atoms with Gasteiger partial charge in [0.25, 0.3) is 10.0 Å². The maximum Gasteiger partial charge on any atom is 0.261 e. The van der Waals surface area contributed by atoms with Crippen molar-refractivity contribution in [1.82, 2.24) is 0 Å². The summed E-state index contributed by atoms with van der Waals surface area (Å²) in [5.41, 5.74) is 6.26. The van der Waals surface area contributed by atoms with Crippen molar-refractivity contribution in [3.05, 3.63) is 54.1 Å². The number of carbonyl (C=O) groups is 1. The van der Waals surface area contributed by atoms with Crippen LogP contribution in [0.2, 0.25) is 0 Å². The number of nitrogens with two attached hydrogens (primary N) is 1. The zero-order valence-corrected chi connectivity index (χ0v) is 18.2. The first kappa shape index (κ1) is 22.7. The van der Waals surface area contributed by atoms with Crippen molar-refractivity contribution < 1.29 is 22.8 Å². The second kappa shape index (κ2) is 9.26. The molecule has 2 aromatic rings. The van der Waals surface area contributed by atoms with Crippen LogP contribution in [-0.2, 0) is 14.8 Å². The van der Waals surface area contributed by atoms with Crippen LogP contribution < -0.4 is 15.8 Å². The number of rotatable bonds is 8. The van der Waals surface area contributed by atoms with Gasteiger partial charge in [-0.1, -0.05) is 11.2 Å². The van der Waals surface area contributed by atoms with E-state index in [1.54, 1.807) is 0 Å². The minimum absolute atomic E-state index is 0.0506. The summed E-state index contributed by atoms with van der Waals surface area (Å²) in [5.74, 6) is -0.776. The van der Waals surface area contributed by atoms with Crippen molar-refractivity contribution in [2.75, 3.05) is 16.7 Å². The number of halogens is 2. The van der Waals surface area contributed by atoms with Gasteiger partial charge in [0.2, 0.25) is 5.91 Å². The zero-order chi connectivity index (χ0) is 21.7. The molecule has 0 saturated carbocycles. The molecule has 0 radical (unpaired) electrons. The Kier molecular flexibility index (Phi) is 7.24. The van der Waals surface area contributed by atoms with Crippen LogP contribution in [0.15, 0.2) is 58.6 Å². The average Bonchev–Trinajstić information content (AvgIpc) is 2.72. The predicted octanol–water partition coefficient (Wildman–Crippen LogP) is 2.98. The molecule has 0 aliphatic carbocycles. The van der Waals surface area contributed by atoms with Crippen molar-refractivity contribution in [2.24, 2.45) is 10.9 Å². The Morgan fingerprint density at radius 3 is 2.45 bits per heavy atom. The number of anilines is 2. The summed E-state index contributed by atoms with van der Waals surface area (Å²) in [4.78, 5) is 12.2. The minimum atomic E-state index is -3.94. The number of hydrogen-bond donors (Lipinski definition) is 5. The zero-order valence-electron chi connectivity index (χ0n) is 15.2. The monoisotopic (exact) mass is 535 g/mol. The lowest BCUT2D eigenvalue weighted by molar-refractivity contribution is -0.117. The highest BCUT2D eigenvalue weighted by Crippen LogP contribution is 2.27. The van der Waals surface area contributed by atoms with Crippen molar-refractivity contribution >= 4 is 54.2 Å². The highest BCUT2D eigenvalue weighted by Gasteiger charge is 2.32. The summed E-state index contributed by atoms with van der Waals surface area (Å²) < 4.78 is 46.7. The van der Waals surface area contributed by atoms with Gasteiger partial charge < -0.3 is 16.3 Å². The number of oxime groups is 1. The van der Waals surface area contributed by atoms with Gasteiger partial charge in [0.05, 0.1) is 10.6 Å². The average molecular weight is 535 g/mol. The summed E-state index contributed by atoms with van der Waals surface area (Å²) in [7, 11) is -3.94. The number of amides is 1. The SMILES string of the molecule is CC(CF)(I=N)C(=O)Nc1cccc(NS(=O)(=O)c2ccc(/C(N)=N/O)cc2)c1. The third-order valence-electron chi connectivity index (χ3n) is 3.87. The normalized spacial score (nSPS) is 14.1. The molecule has 9 nitrogen and oxygen atoms in total. The lowest BCUT2D eigenvalue weighted by atomic mass is 10.2. The molecule has 1 atom stereocenters. The summed E-state index contributed by atoms with van der Waals surface area (Å²) in [6.45, 7) is 0.441. The Bertz CT molecular complexity index is 1050. The third-order valence-corrected chi connectivity index (χ3v) is 7.24. The number of benzene rings is 2. The fourth-order valence-corrected chi connectivity index (χ4v) is 3.70. The van der Waals surface area contributed by atoms with Crippen LogP contribution in [0, 0.1) is 3.56 Å². The third kappa shape index (κ3) is 5.47. The number of nitrogens with zero attached hydrogens (tertiary/aromatic N) is 1. The lowest BCUT2D eigenvalue weighted by Crippen LogP contribution is -2.36. The van der Waals surface area contributed by atoms with Crippen molar-refractivity contribution in [3.63, 3.8) is 0 Å². The van der Waals surface area contributed by atoms with Gasteiger partial charge in [0, 0.05) is 32.3 Å². The number of carbonyl (C=O) groups excluding carboxylic acids is 1. The molecule has 156 valence electrons. The number of amidine groups is 1. The summed E-state index contributed by atoms with van der Waals surface area (Å²) >= 11 is -1.43. The van der Waals surface area contributed by atoms with Crippen molar-refractivity contribution in [1.29, 1.82) is 3.56 Å². The molecule has 0 heterocycles. The Hall–Kier alpha value is -2.61. The first-order valence-electron chi connectivity index (χ1n) is 8.05. The van der Waals surface area contributed by atoms with Crippen LogP contribution in [0.3, 0.4) is 0 Å². The molecular formula is C17H19FIN5O4S. The van der Waals surface area contributed by atoms with Crippen LogP contribution in [-0.4, -0.2) is 35.5 Å². The Morgan fingerprint density at radius 2 is 1.90 bits per heavy atom. The molecular weight excluding hydrogens is 516 g/mol. The van der Waals surface area contributed by atoms with Crippen LogP contribution in [0.1, 0.15) is 12.5 Å². The summed E-state index contributed by atoms with van der Waals surface area (Å²) in [5, 5.41) is 14.0. The number of nitrogens with one attached hydrogen (secondary N) is 3. The highest BCUT2D eigenvalue weighted by atomic mass is 127. The summed E-state index contributed by atoms with van der Waals surface area (Å²) in [6, 6.07) is 11.3. The molecule has 0 aliphatic heterocycles. The number of alkyl halides is 2. The topological polar surface area (TPSA) is 158 Å². The molecule has 0 bridgehead atoms. The fraction of sp³-hybridized carbons (Fsp3) is 0.176. The van der Waals surface area contributed by atoms with Gasteiger partial charge in [-0.2, -0.15) is 0 Å². The van der Waals surface area contributed by atoms with E-state index in [4.69, 9.17) is 14.5 Å². The quantitative estimate of drug-likeness (QED) is 0.0877. The van der Waals surface area contributed by atoms with E-state index in [1.807, 2.05) is 0 Å². The second-order valence-corrected chi connectivity index (χ2v) is 10.7. The molecule has 0 aromatic heterocycles. The van der Waals surface area contributed by atoms with Crippen LogP contribution in [0.5, 0.6) is 0 Å². The van der Waals surface area contributed by atoms with Gasteiger partial charge >= 0.3 is 0 Å². The molecule has 6 N–H and O–H groups in total. The molecule has 0 aliphatic rings. The molecule has 1 amide bonds. The Labute approximate surface area is 177 Å². The first-order chi connectivity index (χ1) is 13.6. The van der Waals surface area contributed by atoms with Crippen LogP contribution in [0.4, 0.5) is 15.8 Å². The Balaban J connectivity index is 2.21. The number of hydrogen-bond acceptors (Lipinski definition) is 6. The van der Waals surface area contributed by atoms with Gasteiger partial charge in [-0.3, -0.25) is 13.1 Å². The van der Waals surface area contributed by atoms with E-state index in [-0.39, 0.29) is 22.1 Å². The largest absolute Gasteiger partial charge is 0.409 e. The molecule has 2 rings (SSSR count). The van der Waals surface area contributed by atoms with Crippen molar-refractivity contribution in [3.8, 4) is 0 Å². The molecule has 0 fully saturated rings. The van der Waals surface area contributed by atoms with Gasteiger partial charge in [-0.05, 0) is 49.4 Å². The van der Waals surface area contributed by atoms with Gasteiger partial charge in [0.1, 0.15) is 10.1 Å². The summed E-state index contributed by atoms with van der Waals surface area (Å²) in [6.07, 6.45) is 0. The minimum Gasteiger partial charge on any atom is -0.409 e. The fourth-order valence-electron chi connectivity index (χ4n) is 2.13. The van der Waals surface area contributed by atoms with Gasteiger partial charge in [-0.25, -0.2) is 12.8 Å². The Morgan fingerprint density at radius 1 is 1.28 bits per heavy atom.